The van der Waals surface area contributed by atoms with Crippen molar-refractivity contribution in [1.29, 1.82) is 0 Å². The number of amides is 2. The van der Waals surface area contributed by atoms with E-state index in [0.717, 1.165) is 19.3 Å². The summed E-state index contributed by atoms with van der Waals surface area (Å²) in [7, 11) is 1.73. The van der Waals surface area contributed by atoms with Gasteiger partial charge in [0, 0.05) is 20.0 Å². The Balaban J connectivity index is 2.65. The first kappa shape index (κ1) is 19.5. The highest BCUT2D eigenvalue weighted by Crippen LogP contribution is 2.23. The zero-order chi connectivity index (χ0) is 17.6. The van der Waals surface area contributed by atoms with Crippen LogP contribution in [0, 0.1) is 0 Å². The van der Waals surface area contributed by atoms with Gasteiger partial charge in [-0.1, -0.05) is 6.08 Å². The van der Waals surface area contributed by atoms with Crippen LogP contribution >= 0.6 is 0 Å². The molecule has 0 bridgehead atoms. The summed E-state index contributed by atoms with van der Waals surface area (Å²) >= 11 is 0. The largest absolute Gasteiger partial charge is 0.444 e. The van der Waals surface area contributed by atoms with Crippen LogP contribution in [-0.4, -0.2) is 64.8 Å². The van der Waals surface area contributed by atoms with Gasteiger partial charge in [0.05, 0.1) is 12.6 Å². The van der Waals surface area contributed by atoms with Crippen LogP contribution in [-0.2, 0) is 9.53 Å². The highest BCUT2D eigenvalue weighted by Gasteiger charge is 2.41. The van der Waals surface area contributed by atoms with Gasteiger partial charge in [-0.05, 0) is 40.0 Å². The van der Waals surface area contributed by atoms with Crippen molar-refractivity contribution in [2.24, 2.45) is 0 Å². The molecule has 1 N–H and O–H groups in total. The number of carbonyl (C=O) groups excluding carboxylic acids is 2. The summed E-state index contributed by atoms with van der Waals surface area (Å²) in [5.41, 5.74) is -0.630. The van der Waals surface area contributed by atoms with Crippen molar-refractivity contribution in [3.05, 3.63) is 12.7 Å². The maximum atomic E-state index is 12.6. The molecule has 1 saturated heterocycles. The first-order chi connectivity index (χ1) is 10.7. The SMILES string of the molecule is C=CCCCCN(C)C(=O)[C@@H]1C[C@@H](O)CN1C(=O)OC(C)(C)C. The fourth-order valence-electron chi connectivity index (χ4n) is 2.57. The summed E-state index contributed by atoms with van der Waals surface area (Å²) in [6, 6.07) is -0.649. The molecule has 0 saturated carbocycles. The fraction of sp³-hybridized carbons (Fsp3) is 0.765. The molecule has 6 nitrogen and oxygen atoms in total. The molecule has 0 aromatic heterocycles. The second kappa shape index (κ2) is 8.34. The van der Waals surface area contributed by atoms with E-state index in [1.807, 2.05) is 6.08 Å². The molecule has 1 rings (SSSR count). The Morgan fingerprint density at radius 2 is 2.04 bits per heavy atom. The molecular formula is C17H30N2O4. The molecule has 0 aliphatic carbocycles. The summed E-state index contributed by atoms with van der Waals surface area (Å²) < 4.78 is 5.34. The van der Waals surface area contributed by atoms with Crippen molar-refractivity contribution >= 4 is 12.0 Å². The number of hydrogen-bond donors (Lipinski definition) is 1. The van der Waals surface area contributed by atoms with Crippen molar-refractivity contribution in [2.45, 2.75) is 64.2 Å². The third-order valence-corrected chi connectivity index (χ3v) is 3.72. The molecule has 1 aliphatic heterocycles. The molecule has 1 aliphatic rings. The lowest BCUT2D eigenvalue weighted by Gasteiger charge is -2.30. The summed E-state index contributed by atoms with van der Waals surface area (Å²) in [6.45, 7) is 9.77. The molecule has 2 amide bonds. The van der Waals surface area contributed by atoms with Gasteiger partial charge in [0.2, 0.25) is 5.91 Å². The van der Waals surface area contributed by atoms with E-state index in [9.17, 15) is 14.7 Å². The quantitative estimate of drug-likeness (QED) is 0.600. The lowest BCUT2D eigenvalue weighted by atomic mass is 10.1. The predicted molar refractivity (Wildman–Crippen MR) is 89.0 cm³/mol. The zero-order valence-electron chi connectivity index (χ0n) is 14.7. The molecule has 23 heavy (non-hydrogen) atoms. The van der Waals surface area contributed by atoms with Gasteiger partial charge in [0.1, 0.15) is 11.6 Å². The van der Waals surface area contributed by atoms with Crippen LogP contribution in [0.2, 0.25) is 0 Å². The number of allylic oxidation sites excluding steroid dienone is 1. The first-order valence-electron chi connectivity index (χ1n) is 8.19. The predicted octanol–water partition coefficient (Wildman–Crippen LogP) is 2.17. The number of carbonyl (C=O) groups is 2. The molecule has 2 atom stereocenters. The van der Waals surface area contributed by atoms with E-state index < -0.39 is 23.8 Å². The number of likely N-dealkylation sites (N-methyl/N-ethyl adjacent to an activating group) is 1. The molecule has 0 aromatic rings. The zero-order valence-corrected chi connectivity index (χ0v) is 14.7. The molecule has 0 unspecified atom stereocenters. The third-order valence-electron chi connectivity index (χ3n) is 3.72. The summed E-state index contributed by atoms with van der Waals surface area (Å²) in [5.74, 6) is -0.147. The molecule has 0 aromatic carbocycles. The normalized spacial score (nSPS) is 21.2. The minimum atomic E-state index is -0.689. The monoisotopic (exact) mass is 326 g/mol. The molecule has 6 heteroatoms. The fourth-order valence-corrected chi connectivity index (χ4v) is 2.57. The highest BCUT2D eigenvalue weighted by atomic mass is 16.6. The molecule has 0 radical (unpaired) electrons. The molecular weight excluding hydrogens is 296 g/mol. The summed E-state index contributed by atoms with van der Waals surface area (Å²) in [6.07, 6.45) is 3.67. The smallest absolute Gasteiger partial charge is 0.411 e. The van der Waals surface area contributed by atoms with Gasteiger partial charge in [-0.2, -0.15) is 0 Å². The number of aliphatic hydroxyl groups excluding tert-OH is 1. The topological polar surface area (TPSA) is 70.1 Å². The van der Waals surface area contributed by atoms with Crippen LogP contribution in [0.5, 0.6) is 0 Å². The second-order valence-corrected chi connectivity index (χ2v) is 7.08. The van der Waals surface area contributed by atoms with E-state index >= 15 is 0 Å². The minimum Gasteiger partial charge on any atom is -0.444 e. The van der Waals surface area contributed by atoms with E-state index in [-0.39, 0.29) is 18.9 Å². The number of β-amino-alcohol motifs (C(OH)–C–C–N with tert-alkyl or cyclic N) is 1. The van der Waals surface area contributed by atoms with Crippen molar-refractivity contribution in [1.82, 2.24) is 9.80 Å². The Hall–Kier alpha value is -1.56. The Kier molecular flexibility index (Phi) is 7.06. The van der Waals surface area contributed by atoms with Crippen LogP contribution in [0.1, 0.15) is 46.5 Å². The van der Waals surface area contributed by atoms with E-state index in [0.29, 0.717) is 6.54 Å². The minimum absolute atomic E-state index is 0.135. The lowest BCUT2D eigenvalue weighted by molar-refractivity contribution is -0.134. The van der Waals surface area contributed by atoms with E-state index in [4.69, 9.17) is 4.74 Å². The summed E-state index contributed by atoms with van der Waals surface area (Å²) in [4.78, 5) is 27.8. The van der Waals surface area contributed by atoms with E-state index in [2.05, 4.69) is 6.58 Å². The third kappa shape index (κ3) is 6.22. The molecule has 1 heterocycles. The second-order valence-electron chi connectivity index (χ2n) is 7.08. The van der Waals surface area contributed by atoms with E-state index in [1.54, 1.807) is 32.7 Å². The first-order valence-corrected chi connectivity index (χ1v) is 8.19. The van der Waals surface area contributed by atoms with Crippen molar-refractivity contribution in [3.8, 4) is 0 Å². The van der Waals surface area contributed by atoms with Crippen LogP contribution in [0.4, 0.5) is 4.79 Å². The summed E-state index contributed by atoms with van der Waals surface area (Å²) in [5, 5.41) is 9.86. The van der Waals surface area contributed by atoms with Crippen LogP contribution in [0.3, 0.4) is 0 Å². The number of nitrogens with zero attached hydrogens (tertiary/aromatic N) is 2. The van der Waals surface area contributed by atoms with Crippen molar-refractivity contribution in [3.63, 3.8) is 0 Å². The highest BCUT2D eigenvalue weighted by molar-refractivity contribution is 5.86. The molecule has 0 spiro atoms. The van der Waals surface area contributed by atoms with Gasteiger partial charge < -0.3 is 14.7 Å². The van der Waals surface area contributed by atoms with Gasteiger partial charge in [0.25, 0.3) is 0 Å². The standard InChI is InChI=1S/C17H30N2O4/c1-6-7-8-9-10-18(5)15(21)14-11-13(20)12-19(14)16(22)23-17(2,3)4/h6,13-14,20H,1,7-12H2,2-5H3/t13-,14+/m1/s1. The number of unbranched alkanes of at least 4 members (excludes halogenated alkanes) is 2. The number of rotatable bonds is 6. The van der Waals surface area contributed by atoms with E-state index in [1.165, 1.54) is 4.90 Å². The Morgan fingerprint density at radius 1 is 1.39 bits per heavy atom. The average Bonchev–Trinajstić information content (AvgIpc) is 2.83. The molecule has 132 valence electrons. The number of hydrogen-bond acceptors (Lipinski definition) is 4. The van der Waals surface area contributed by atoms with Gasteiger partial charge >= 0.3 is 6.09 Å². The maximum absolute atomic E-state index is 12.6. The van der Waals surface area contributed by atoms with Crippen LogP contribution < -0.4 is 0 Å². The Morgan fingerprint density at radius 3 is 2.61 bits per heavy atom. The van der Waals surface area contributed by atoms with Gasteiger partial charge in [-0.15, -0.1) is 6.58 Å². The van der Waals surface area contributed by atoms with Gasteiger partial charge in [-0.25, -0.2) is 4.79 Å². The van der Waals surface area contributed by atoms with Crippen LogP contribution in [0.15, 0.2) is 12.7 Å². The Labute approximate surface area is 139 Å². The number of ether oxygens (including phenoxy) is 1. The van der Waals surface area contributed by atoms with Gasteiger partial charge in [-0.3, -0.25) is 9.69 Å². The number of likely N-dealkylation sites (tertiary alicyclic amines) is 1. The average molecular weight is 326 g/mol. The maximum Gasteiger partial charge on any atom is 0.411 e. The van der Waals surface area contributed by atoms with Crippen LogP contribution in [0.25, 0.3) is 0 Å². The Bertz CT molecular complexity index is 431. The molecule has 1 fully saturated rings. The van der Waals surface area contributed by atoms with Crippen molar-refractivity contribution in [2.75, 3.05) is 20.1 Å². The number of aliphatic hydroxyl groups is 1. The van der Waals surface area contributed by atoms with Crippen molar-refractivity contribution < 1.29 is 19.4 Å². The lowest BCUT2D eigenvalue weighted by Crippen LogP contribution is -2.48. The van der Waals surface area contributed by atoms with Gasteiger partial charge in [0.15, 0.2) is 0 Å².